The number of nitrogens with zero attached hydrogens (tertiary/aromatic N) is 4. The van der Waals surface area contributed by atoms with Crippen LogP contribution >= 0.6 is 42.5 Å². The van der Waals surface area contributed by atoms with Crippen molar-refractivity contribution in [1.29, 1.82) is 0 Å². The van der Waals surface area contributed by atoms with Crippen LogP contribution in [-0.4, -0.2) is 22.5 Å². The molecule has 2 aromatic heterocycles. The molecule has 0 aliphatic heterocycles. The summed E-state index contributed by atoms with van der Waals surface area (Å²) in [6, 6.07) is 113. The average Bonchev–Trinajstić information content (AvgIpc) is 4.15. The number of thiophene rings is 1. The number of aliphatic hydroxyl groups is 1. The summed E-state index contributed by atoms with van der Waals surface area (Å²) >= 11 is 11.3. The third kappa shape index (κ3) is 14.9. The number of rotatable bonds is 13. The van der Waals surface area contributed by atoms with Gasteiger partial charge < -0.3 is 37.2 Å². The fraction of sp³-hybridized carbons (Fsp3) is 0.0274. The molecule has 0 radical (unpaired) electrons. The molecule has 0 amide bonds. The molecule has 0 saturated carbocycles. The van der Waals surface area contributed by atoms with E-state index in [0.29, 0.717) is 0 Å². The van der Waals surface area contributed by atoms with Crippen LogP contribution in [0.5, 0.6) is 0 Å². The fourth-order valence-corrected chi connectivity index (χ4v) is 13.3. The molecule has 11 aromatic carbocycles. The van der Waals surface area contributed by atoms with Gasteiger partial charge in [0.05, 0.1) is 5.34 Å². The van der Waals surface area contributed by atoms with E-state index in [-0.39, 0.29) is 38.8 Å². The molecule has 84 heavy (non-hydrogen) atoms. The van der Waals surface area contributed by atoms with Crippen molar-refractivity contribution in [2.45, 2.75) is 0 Å². The van der Waals surface area contributed by atoms with Crippen LogP contribution in [0.3, 0.4) is 0 Å². The van der Waals surface area contributed by atoms with Gasteiger partial charge in [-0.3, -0.25) is 0 Å². The first kappa shape index (κ1) is 62.2. The zero-order chi connectivity index (χ0) is 56.3. The van der Waals surface area contributed by atoms with Crippen LogP contribution in [0.25, 0.3) is 31.4 Å². The van der Waals surface area contributed by atoms with E-state index < -0.39 is 7.92 Å². The summed E-state index contributed by atoms with van der Waals surface area (Å²) in [5.41, 5.74) is 12.2. The van der Waals surface area contributed by atoms with Gasteiger partial charge in [-0.1, -0.05) is 181 Å². The first-order chi connectivity index (χ1) is 40.6. The summed E-state index contributed by atoms with van der Waals surface area (Å²) < 4.78 is 2.58. The van der Waals surface area contributed by atoms with Crippen LogP contribution in [0.4, 0.5) is 51.2 Å². The van der Waals surface area contributed by atoms with Crippen molar-refractivity contribution in [2.75, 3.05) is 27.1 Å². The summed E-state index contributed by atoms with van der Waals surface area (Å²) in [5, 5.41) is 13.7. The van der Waals surface area contributed by atoms with E-state index in [1.807, 2.05) is 41.8 Å². The van der Waals surface area contributed by atoms with E-state index in [4.69, 9.17) is 28.3 Å². The van der Waals surface area contributed by atoms with E-state index in [0.717, 1.165) is 69.6 Å². The van der Waals surface area contributed by atoms with Gasteiger partial charge in [-0.25, -0.2) is 0 Å². The zero-order valence-corrected chi connectivity index (χ0v) is 52.0. The van der Waals surface area contributed by atoms with Crippen LogP contribution in [0.15, 0.2) is 316 Å². The van der Waals surface area contributed by atoms with E-state index >= 15 is 0 Å². The molecule has 0 spiro atoms. The minimum Gasteiger partial charge on any atom is -1.00 e. The summed E-state index contributed by atoms with van der Waals surface area (Å²) in [7, 11) is 0.0779. The van der Waals surface area contributed by atoms with Gasteiger partial charge in [-0.15, -0.1) is 47.0 Å². The number of halogens is 3. The molecule has 0 fully saturated rings. The van der Waals surface area contributed by atoms with Crippen molar-refractivity contribution in [1.82, 2.24) is 4.98 Å². The molecule has 13 aromatic rings. The Morgan fingerprint density at radius 2 is 0.679 bits per heavy atom. The predicted molar refractivity (Wildman–Crippen MR) is 355 cm³/mol. The second kappa shape index (κ2) is 31.7. The van der Waals surface area contributed by atoms with E-state index in [1.54, 1.807) is 0 Å². The van der Waals surface area contributed by atoms with Gasteiger partial charge in [0.2, 0.25) is 0 Å². The van der Waals surface area contributed by atoms with Crippen molar-refractivity contribution in [2.24, 2.45) is 0 Å². The molecule has 2 heterocycles. The molecule has 0 aliphatic rings. The Bertz CT molecular complexity index is 3580. The first-order valence-corrected chi connectivity index (χ1v) is 30.0. The number of benzene rings is 11. The quantitative estimate of drug-likeness (QED) is 0.0708. The Balaban J connectivity index is 0.000000295. The van der Waals surface area contributed by atoms with Crippen LogP contribution in [-0.2, 0) is 21.1 Å². The second-order valence-corrected chi connectivity index (χ2v) is 22.5. The molecular formula is C73H58Cl3N4OPPtS. The van der Waals surface area contributed by atoms with Crippen LogP contribution in [0, 0.1) is 6.07 Å². The average molecular weight is 1370 g/mol. The number of aliphatic hydroxyl groups excluding tert-OH is 1. The smallest absolute Gasteiger partial charge is 1.00 e. The molecule has 0 bridgehead atoms. The van der Waals surface area contributed by atoms with Crippen molar-refractivity contribution in [3.05, 3.63) is 322 Å². The van der Waals surface area contributed by atoms with Gasteiger partial charge in [0.25, 0.3) is 0 Å². The maximum atomic E-state index is 7.00. The largest absolute Gasteiger partial charge is 2.00 e. The summed E-state index contributed by atoms with van der Waals surface area (Å²) in [5.74, 6) is 0. The molecule has 418 valence electrons. The van der Waals surface area contributed by atoms with Gasteiger partial charge in [-0.05, 0) is 161 Å². The Labute approximate surface area is 529 Å². The summed E-state index contributed by atoms with van der Waals surface area (Å²) in [6.07, 6.45) is 1.83. The molecule has 13 rings (SSSR count). The van der Waals surface area contributed by atoms with Crippen molar-refractivity contribution in [3.63, 3.8) is 0 Å². The van der Waals surface area contributed by atoms with Crippen LogP contribution in [0.2, 0.25) is 0 Å². The Morgan fingerprint density at radius 1 is 0.381 bits per heavy atom. The van der Waals surface area contributed by atoms with Crippen molar-refractivity contribution >= 4 is 130 Å². The Hall–Kier alpha value is -7.86. The number of hydrogen-bond acceptors (Lipinski definition) is 6. The number of alkyl halides is 2. The van der Waals surface area contributed by atoms with Gasteiger partial charge in [0.1, 0.15) is 0 Å². The SMILES string of the molecule is CO.ClCCl.[Cl-].[Pt+2].[c-]1ccc2c(sc3ccccc32)c1-c1ccccn1.c1ccc(N(c2ccccc2)c2ccc(P(c3ccc(N(c4ccccc4)c4ccccc4)cc3)c3ccc(N(c4ccccc4)c4ccccc4)cc3)cc2)cc1. The number of fused-ring (bicyclic) bond motifs is 3. The third-order valence-electron chi connectivity index (χ3n) is 13.4. The third-order valence-corrected chi connectivity index (χ3v) is 17.1. The minimum atomic E-state index is -0.922. The summed E-state index contributed by atoms with van der Waals surface area (Å²) in [4.78, 5) is 11.4. The number of anilines is 9. The van der Waals surface area contributed by atoms with Gasteiger partial charge in [0, 0.05) is 69.2 Å². The molecule has 0 aliphatic carbocycles. The fourth-order valence-electron chi connectivity index (χ4n) is 9.89. The molecule has 0 unspecified atom stereocenters. The van der Waals surface area contributed by atoms with E-state index in [1.165, 1.54) is 36.1 Å². The van der Waals surface area contributed by atoms with Crippen LogP contribution < -0.4 is 43.0 Å². The minimum absolute atomic E-state index is 0. The number of hydrogen-bond donors (Lipinski definition) is 1. The maximum absolute atomic E-state index is 7.00. The van der Waals surface area contributed by atoms with Crippen LogP contribution in [0.1, 0.15) is 0 Å². The van der Waals surface area contributed by atoms with Crippen molar-refractivity contribution < 1.29 is 38.6 Å². The van der Waals surface area contributed by atoms with E-state index in [9.17, 15) is 0 Å². The predicted octanol–water partition coefficient (Wildman–Crippen LogP) is 16.8. The monoisotopic (exact) mass is 1370 g/mol. The summed E-state index contributed by atoms with van der Waals surface area (Å²) in [6.45, 7) is 0. The van der Waals surface area contributed by atoms with Gasteiger partial charge in [-0.2, -0.15) is 11.3 Å². The number of aromatic nitrogens is 1. The van der Waals surface area contributed by atoms with Gasteiger partial charge in [0.15, 0.2) is 0 Å². The standard InChI is InChI=1S/C54H42N3P.C17H10NS.CH2Cl2.CH4O.ClH.Pt/c1-7-19-43(20-8-1)55(44-21-9-2-10-22-44)49-31-37-52(38-32-49)58(53-39-33-50(34-40-53)56(45-23-11-3-12-24-45)46-25-13-4-14-26-46)54-41-35-51(36-42-54)57(47-27-15-5-16-28-47)48-29-17-6-18-30-48;1-2-10-16-12(6-1)13-7-5-8-14(17(13)19-16)15-9-3-4-11-18-15;2-1-3;1-2;;/h1-42H;1-7,9-11H;1H2;2H,1H3;1H;/q;-1;;;;+2/p-1. The molecule has 1 N–H and O–H groups in total. The molecular weight excluding hydrogens is 1310 g/mol. The molecule has 0 saturated heterocycles. The molecule has 0 atom stereocenters. The molecule has 5 nitrogen and oxygen atoms in total. The second-order valence-electron chi connectivity index (χ2n) is 18.4. The number of pyridine rings is 1. The zero-order valence-electron chi connectivity index (χ0n) is 45.8. The van der Waals surface area contributed by atoms with Gasteiger partial charge >= 0.3 is 21.1 Å². The van der Waals surface area contributed by atoms with E-state index in [2.05, 4.69) is 311 Å². The maximum Gasteiger partial charge on any atom is 2.00 e. The topological polar surface area (TPSA) is 42.8 Å². The Morgan fingerprint density at radius 3 is 1.00 bits per heavy atom. The Kier molecular flexibility index (Phi) is 23.5. The first-order valence-electron chi connectivity index (χ1n) is 26.8. The van der Waals surface area contributed by atoms with Crippen molar-refractivity contribution in [3.8, 4) is 11.3 Å². The normalized spacial score (nSPS) is 10.3. The number of para-hydroxylation sites is 6. The molecule has 11 heteroatoms.